The van der Waals surface area contributed by atoms with Crippen LogP contribution in [0.4, 0.5) is 10.5 Å². The van der Waals surface area contributed by atoms with Crippen molar-refractivity contribution in [3.63, 3.8) is 0 Å². The van der Waals surface area contributed by atoms with Crippen molar-refractivity contribution in [2.24, 2.45) is 5.73 Å². The van der Waals surface area contributed by atoms with Gasteiger partial charge in [-0.2, -0.15) is 0 Å². The molecular weight excluding hydrogens is 320 g/mol. The Hall–Kier alpha value is -3.06. The first-order chi connectivity index (χ1) is 11.0. The monoisotopic (exact) mass is 332 g/mol. The number of halogens is 1. The molecule has 0 bridgehead atoms. The summed E-state index contributed by atoms with van der Waals surface area (Å²) in [6.07, 6.45) is 0. The van der Waals surface area contributed by atoms with Crippen LogP contribution in [0, 0.1) is 0 Å². The van der Waals surface area contributed by atoms with Crippen molar-refractivity contribution in [2.75, 3.05) is 5.32 Å². The summed E-state index contributed by atoms with van der Waals surface area (Å²) in [5, 5.41) is 2.65. The van der Waals surface area contributed by atoms with Crippen molar-refractivity contribution in [3.8, 4) is 0 Å². The highest BCUT2D eigenvalue weighted by Gasteiger charge is 2.11. The Morgan fingerprint density at radius 3 is 2.09 bits per heavy atom. The van der Waals surface area contributed by atoms with Crippen LogP contribution in [0.3, 0.4) is 0 Å². The number of nitrogens with one attached hydrogen (secondary N) is 3. The molecule has 2 aromatic rings. The van der Waals surface area contributed by atoms with Crippen molar-refractivity contribution >= 4 is 35.1 Å². The Morgan fingerprint density at radius 2 is 1.48 bits per heavy atom. The second-order valence-electron chi connectivity index (χ2n) is 4.45. The number of amides is 4. The van der Waals surface area contributed by atoms with Gasteiger partial charge in [0.15, 0.2) is 0 Å². The smallest absolute Gasteiger partial charge is 0.316 e. The number of hydrogen-bond acceptors (Lipinski definition) is 3. The summed E-state index contributed by atoms with van der Waals surface area (Å²) in [5.74, 6) is -1.05. The molecule has 7 nitrogen and oxygen atoms in total. The first-order valence-corrected chi connectivity index (χ1v) is 6.87. The SMILES string of the molecule is NC(=O)Nc1ccc(C(=O)NNC(=O)c2ccccc2Cl)cc1. The largest absolute Gasteiger partial charge is 0.351 e. The van der Waals surface area contributed by atoms with E-state index in [-0.39, 0.29) is 10.6 Å². The molecule has 0 fully saturated rings. The number of rotatable bonds is 3. The summed E-state index contributed by atoms with van der Waals surface area (Å²) in [4.78, 5) is 34.5. The van der Waals surface area contributed by atoms with E-state index < -0.39 is 17.8 Å². The van der Waals surface area contributed by atoms with Gasteiger partial charge in [-0.3, -0.25) is 20.4 Å². The number of hydrogen-bond donors (Lipinski definition) is 4. The highest BCUT2D eigenvalue weighted by molar-refractivity contribution is 6.33. The number of anilines is 1. The molecule has 0 radical (unpaired) electrons. The number of carbonyl (C=O) groups is 3. The van der Waals surface area contributed by atoms with Crippen molar-refractivity contribution in [1.29, 1.82) is 0 Å². The van der Waals surface area contributed by atoms with Crippen LogP contribution in [0.15, 0.2) is 48.5 Å². The van der Waals surface area contributed by atoms with Gasteiger partial charge < -0.3 is 11.1 Å². The van der Waals surface area contributed by atoms with Gasteiger partial charge in [0.2, 0.25) is 0 Å². The predicted molar refractivity (Wildman–Crippen MR) is 86.0 cm³/mol. The van der Waals surface area contributed by atoms with E-state index in [0.717, 1.165) is 0 Å². The third-order valence-corrected chi connectivity index (χ3v) is 3.15. The van der Waals surface area contributed by atoms with Gasteiger partial charge >= 0.3 is 6.03 Å². The first-order valence-electron chi connectivity index (χ1n) is 6.49. The molecule has 0 aliphatic carbocycles. The number of nitrogens with two attached hydrogens (primary N) is 1. The average molecular weight is 333 g/mol. The lowest BCUT2D eigenvalue weighted by Crippen LogP contribution is -2.41. The average Bonchev–Trinajstić information content (AvgIpc) is 2.53. The fraction of sp³-hybridized carbons (Fsp3) is 0. The Labute approximate surface area is 136 Å². The molecule has 23 heavy (non-hydrogen) atoms. The Kier molecular flexibility index (Phi) is 5.16. The maximum absolute atomic E-state index is 11.9. The second kappa shape index (κ2) is 7.28. The predicted octanol–water partition coefficient (Wildman–Crippen LogP) is 1.91. The lowest BCUT2D eigenvalue weighted by molar-refractivity contribution is 0.0847. The van der Waals surface area contributed by atoms with Crippen LogP contribution in [0.25, 0.3) is 0 Å². The van der Waals surface area contributed by atoms with Crippen LogP contribution in [-0.4, -0.2) is 17.8 Å². The zero-order chi connectivity index (χ0) is 16.8. The molecule has 8 heteroatoms. The van der Waals surface area contributed by atoms with Crippen molar-refractivity contribution < 1.29 is 14.4 Å². The van der Waals surface area contributed by atoms with Gasteiger partial charge in [0.25, 0.3) is 11.8 Å². The van der Waals surface area contributed by atoms with E-state index in [9.17, 15) is 14.4 Å². The van der Waals surface area contributed by atoms with Gasteiger partial charge in [-0.15, -0.1) is 0 Å². The third-order valence-electron chi connectivity index (χ3n) is 2.82. The molecule has 0 saturated carbocycles. The zero-order valence-corrected chi connectivity index (χ0v) is 12.6. The van der Waals surface area contributed by atoms with Gasteiger partial charge in [-0.05, 0) is 36.4 Å². The van der Waals surface area contributed by atoms with Gasteiger partial charge in [0.1, 0.15) is 0 Å². The summed E-state index contributed by atoms with van der Waals surface area (Å²) < 4.78 is 0. The quantitative estimate of drug-likeness (QED) is 0.644. The lowest BCUT2D eigenvalue weighted by Gasteiger charge is -2.09. The highest BCUT2D eigenvalue weighted by atomic mass is 35.5. The molecule has 0 heterocycles. The molecule has 0 aromatic heterocycles. The minimum absolute atomic E-state index is 0.246. The van der Waals surface area contributed by atoms with E-state index in [2.05, 4.69) is 16.2 Å². The molecule has 0 aliphatic heterocycles. The standard InChI is InChI=1S/C15H13ClN4O3/c16-12-4-2-1-3-11(12)14(22)20-19-13(21)9-5-7-10(8-6-9)18-15(17)23/h1-8H,(H,19,21)(H,20,22)(H3,17,18,23). The zero-order valence-electron chi connectivity index (χ0n) is 11.8. The number of urea groups is 1. The maximum atomic E-state index is 11.9. The minimum atomic E-state index is -0.700. The molecule has 5 N–H and O–H groups in total. The van der Waals surface area contributed by atoms with Crippen LogP contribution < -0.4 is 21.9 Å². The van der Waals surface area contributed by atoms with Crippen molar-refractivity contribution in [2.45, 2.75) is 0 Å². The topological polar surface area (TPSA) is 113 Å². The Bertz CT molecular complexity index is 747. The Morgan fingerprint density at radius 1 is 0.870 bits per heavy atom. The summed E-state index contributed by atoms with van der Waals surface area (Å²) in [7, 11) is 0. The van der Waals surface area contributed by atoms with E-state index in [1.165, 1.54) is 30.3 Å². The molecule has 0 spiro atoms. The lowest BCUT2D eigenvalue weighted by atomic mass is 10.2. The molecule has 2 aromatic carbocycles. The van der Waals surface area contributed by atoms with E-state index >= 15 is 0 Å². The van der Waals surface area contributed by atoms with Crippen LogP contribution in [0.5, 0.6) is 0 Å². The fourth-order valence-corrected chi connectivity index (χ4v) is 1.97. The first kappa shape index (κ1) is 16.3. The number of carbonyl (C=O) groups excluding carboxylic acids is 3. The number of hydrazine groups is 1. The molecule has 0 saturated heterocycles. The van der Waals surface area contributed by atoms with Crippen molar-refractivity contribution in [1.82, 2.24) is 10.9 Å². The molecule has 118 valence electrons. The second-order valence-corrected chi connectivity index (χ2v) is 4.86. The van der Waals surface area contributed by atoms with Gasteiger partial charge in [0, 0.05) is 11.3 Å². The van der Waals surface area contributed by atoms with Crippen LogP contribution in [0.2, 0.25) is 5.02 Å². The molecule has 0 aliphatic rings. The summed E-state index contributed by atoms with van der Waals surface area (Å²) in [6, 6.07) is 11.7. The van der Waals surface area contributed by atoms with E-state index in [1.807, 2.05) is 0 Å². The van der Waals surface area contributed by atoms with Gasteiger partial charge in [-0.1, -0.05) is 23.7 Å². The van der Waals surface area contributed by atoms with Gasteiger partial charge in [-0.25, -0.2) is 4.79 Å². The van der Waals surface area contributed by atoms with E-state index in [4.69, 9.17) is 17.3 Å². The summed E-state index contributed by atoms with van der Waals surface area (Å²) in [5.41, 5.74) is 10.5. The van der Waals surface area contributed by atoms with Crippen LogP contribution in [-0.2, 0) is 0 Å². The molecule has 0 atom stereocenters. The fourth-order valence-electron chi connectivity index (χ4n) is 1.75. The van der Waals surface area contributed by atoms with Crippen LogP contribution in [0.1, 0.15) is 20.7 Å². The molecule has 2 rings (SSSR count). The molecule has 0 unspecified atom stereocenters. The molecule has 4 amide bonds. The van der Waals surface area contributed by atoms with E-state index in [1.54, 1.807) is 18.2 Å². The van der Waals surface area contributed by atoms with Crippen molar-refractivity contribution in [3.05, 3.63) is 64.7 Å². The summed E-state index contributed by atoms with van der Waals surface area (Å²) in [6.45, 7) is 0. The highest BCUT2D eigenvalue weighted by Crippen LogP contribution is 2.14. The minimum Gasteiger partial charge on any atom is -0.351 e. The van der Waals surface area contributed by atoms with Gasteiger partial charge in [0.05, 0.1) is 10.6 Å². The summed E-state index contributed by atoms with van der Waals surface area (Å²) >= 11 is 5.89. The van der Waals surface area contributed by atoms with E-state index in [0.29, 0.717) is 11.3 Å². The maximum Gasteiger partial charge on any atom is 0.316 e. The number of primary amides is 1. The van der Waals surface area contributed by atoms with Crippen LogP contribution >= 0.6 is 11.6 Å². The molecular formula is C15H13ClN4O3. The third kappa shape index (κ3) is 4.45. The Balaban J connectivity index is 1.95. The normalized spacial score (nSPS) is 9.78. The number of benzene rings is 2.